The largest absolute Gasteiger partial charge is 0.296 e. The standard InChI is InChI=1S/C18H12ClN3O/c19-14-8-6-13(7-9-14)15-11-21-22-17(15)20-10-16(18(22)23)12-4-2-1-3-5-12/h1-11,21H. The van der Waals surface area contributed by atoms with Crippen LogP contribution >= 0.6 is 11.6 Å². The maximum atomic E-state index is 12.7. The van der Waals surface area contributed by atoms with Crippen LogP contribution < -0.4 is 5.56 Å². The highest BCUT2D eigenvalue weighted by atomic mass is 35.5. The number of fused-ring (bicyclic) bond motifs is 1. The normalized spacial score (nSPS) is 11.0. The van der Waals surface area contributed by atoms with Gasteiger partial charge in [0.05, 0.1) is 5.56 Å². The molecule has 0 aliphatic heterocycles. The summed E-state index contributed by atoms with van der Waals surface area (Å²) in [5.74, 6) is 0. The van der Waals surface area contributed by atoms with E-state index in [2.05, 4.69) is 10.1 Å². The molecule has 4 aromatic rings. The summed E-state index contributed by atoms with van der Waals surface area (Å²) >= 11 is 5.93. The highest BCUT2D eigenvalue weighted by molar-refractivity contribution is 6.30. The number of nitrogens with zero attached hydrogens (tertiary/aromatic N) is 2. The van der Waals surface area contributed by atoms with Gasteiger partial charge in [-0.05, 0) is 23.3 Å². The number of nitrogens with one attached hydrogen (secondary N) is 1. The maximum Gasteiger partial charge on any atom is 0.280 e. The highest BCUT2D eigenvalue weighted by Crippen LogP contribution is 2.25. The van der Waals surface area contributed by atoms with E-state index >= 15 is 0 Å². The molecule has 2 aromatic carbocycles. The lowest BCUT2D eigenvalue weighted by Crippen LogP contribution is -2.16. The number of H-pyrrole nitrogens is 1. The van der Waals surface area contributed by atoms with Gasteiger partial charge in [0.15, 0.2) is 5.65 Å². The second kappa shape index (κ2) is 5.41. The number of hydrogen-bond donors (Lipinski definition) is 1. The number of rotatable bonds is 2. The van der Waals surface area contributed by atoms with Crippen molar-refractivity contribution in [3.05, 3.63) is 82.4 Å². The summed E-state index contributed by atoms with van der Waals surface area (Å²) in [5, 5.41) is 3.66. The first-order valence-electron chi connectivity index (χ1n) is 7.14. The zero-order chi connectivity index (χ0) is 15.8. The van der Waals surface area contributed by atoms with Gasteiger partial charge in [-0.1, -0.05) is 54.1 Å². The minimum Gasteiger partial charge on any atom is -0.296 e. The fourth-order valence-electron chi connectivity index (χ4n) is 2.62. The summed E-state index contributed by atoms with van der Waals surface area (Å²) in [6.45, 7) is 0. The molecule has 23 heavy (non-hydrogen) atoms. The van der Waals surface area contributed by atoms with Crippen molar-refractivity contribution in [1.29, 1.82) is 0 Å². The van der Waals surface area contributed by atoms with Crippen molar-refractivity contribution in [1.82, 2.24) is 14.6 Å². The molecular formula is C18H12ClN3O. The molecule has 1 N–H and O–H groups in total. The second-order valence-corrected chi connectivity index (χ2v) is 5.63. The monoisotopic (exact) mass is 321 g/mol. The number of hydrogen-bond acceptors (Lipinski definition) is 2. The first kappa shape index (κ1) is 13.8. The van der Waals surface area contributed by atoms with Crippen LogP contribution in [-0.4, -0.2) is 14.6 Å². The molecule has 4 nitrogen and oxygen atoms in total. The van der Waals surface area contributed by atoms with Crippen LogP contribution in [0.25, 0.3) is 27.9 Å². The third-order valence-corrected chi connectivity index (χ3v) is 4.03. The van der Waals surface area contributed by atoms with E-state index in [-0.39, 0.29) is 5.56 Å². The number of benzene rings is 2. The Morgan fingerprint density at radius 3 is 2.35 bits per heavy atom. The molecule has 0 atom stereocenters. The summed E-state index contributed by atoms with van der Waals surface area (Å²) < 4.78 is 1.46. The van der Waals surface area contributed by atoms with Gasteiger partial charge in [-0.25, -0.2) is 9.50 Å². The topological polar surface area (TPSA) is 50.2 Å². The quantitative estimate of drug-likeness (QED) is 0.606. The molecule has 5 heteroatoms. The summed E-state index contributed by atoms with van der Waals surface area (Å²) in [6, 6.07) is 17.0. The predicted octanol–water partition coefficient (Wildman–Crippen LogP) is 4.01. The van der Waals surface area contributed by atoms with Crippen LogP contribution in [0.15, 0.2) is 71.8 Å². The van der Waals surface area contributed by atoms with Crippen LogP contribution in [0.4, 0.5) is 0 Å². The van der Waals surface area contributed by atoms with E-state index in [9.17, 15) is 4.79 Å². The molecule has 0 bridgehead atoms. The van der Waals surface area contributed by atoms with E-state index in [0.717, 1.165) is 16.7 Å². The van der Waals surface area contributed by atoms with Crippen molar-refractivity contribution in [3.63, 3.8) is 0 Å². The van der Waals surface area contributed by atoms with Gasteiger partial charge in [0.25, 0.3) is 5.56 Å². The Morgan fingerprint density at radius 1 is 0.913 bits per heavy atom. The van der Waals surface area contributed by atoms with E-state index < -0.39 is 0 Å². The Bertz CT molecular complexity index is 1030. The lowest BCUT2D eigenvalue weighted by Gasteiger charge is -2.02. The SMILES string of the molecule is O=c1c(-c2ccccc2)cnc2c(-c3ccc(Cl)cc3)c[nH]n12. The van der Waals surface area contributed by atoms with Crippen LogP contribution in [0, 0.1) is 0 Å². The van der Waals surface area contributed by atoms with Gasteiger partial charge in [-0.3, -0.25) is 9.89 Å². The van der Waals surface area contributed by atoms with E-state index in [0.29, 0.717) is 16.2 Å². The molecule has 0 radical (unpaired) electrons. The van der Waals surface area contributed by atoms with E-state index in [1.165, 1.54) is 4.52 Å². The van der Waals surface area contributed by atoms with Crippen LogP contribution in [0.3, 0.4) is 0 Å². The molecular weight excluding hydrogens is 310 g/mol. The van der Waals surface area contributed by atoms with Gasteiger partial charge in [-0.2, -0.15) is 0 Å². The average molecular weight is 322 g/mol. The molecule has 0 aliphatic carbocycles. The Hall–Kier alpha value is -2.85. The fourth-order valence-corrected chi connectivity index (χ4v) is 2.74. The zero-order valence-corrected chi connectivity index (χ0v) is 12.8. The van der Waals surface area contributed by atoms with Gasteiger partial charge in [-0.15, -0.1) is 0 Å². The van der Waals surface area contributed by atoms with Gasteiger partial charge in [0.1, 0.15) is 0 Å². The lowest BCUT2D eigenvalue weighted by molar-refractivity contribution is 0.902. The lowest BCUT2D eigenvalue weighted by atomic mass is 10.1. The van der Waals surface area contributed by atoms with Gasteiger partial charge < -0.3 is 0 Å². The van der Waals surface area contributed by atoms with Crippen LogP contribution in [0.1, 0.15) is 0 Å². The summed E-state index contributed by atoms with van der Waals surface area (Å²) in [6.07, 6.45) is 3.40. The first-order chi connectivity index (χ1) is 11.2. The Labute approximate surface area is 137 Å². The van der Waals surface area contributed by atoms with Crippen molar-refractivity contribution >= 4 is 17.2 Å². The van der Waals surface area contributed by atoms with E-state index in [1.807, 2.05) is 54.6 Å². The van der Waals surface area contributed by atoms with Crippen LogP contribution in [0.2, 0.25) is 5.02 Å². The molecule has 0 amide bonds. The van der Waals surface area contributed by atoms with Crippen LogP contribution in [-0.2, 0) is 0 Å². The molecule has 0 spiro atoms. The van der Waals surface area contributed by atoms with Gasteiger partial charge in [0.2, 0.25) is 0 Å². The van der Waals surface area contributed by atoms with Crippen molar-refractivity contribution in [2.75, 3.05) is 0 Å². The van der Waals surface area contributed by atoms with Crippen molar-refractivity contribution in [2.24, 2.45) is 0 Å². The van der Waals surface area contributed by atoms with Gasteiger partial charge in [0, 0.05) is 23.0 Å². The predicted molar refractivity (Wildman–Crippen MR) is 91.7 cm³/mol. The van der Waals surface area contributed by atoms with Crippen LogP contribution in [0.5, 0.6) is 0 Å². The third-order valence-electron chi connectivity index (χ3n) is 3.78. The Kier molecular flexibility index (Phi) is 3.24. The summed E-state index contributed by atoms with van der Waals surface area (Å²) in [7, 11) is 0. The molecule has 112 valence electrons. The highest BCUT2D eigenvalue weighted by Gasteiger charge is 2.12. The minimum atomic E-state index is -0.124. The number of halogens is 1. The number of aromatic amines is 1. The van der Waals surface area contributed by atoms with E-state index in [4.69, 9.17) is 11.6 Å². The molecule has 0 saturated carbocycles. The Morgan fingerprint density at radius 2 is 1.61 bits per heavy atom. The summed E-state index contributed by atoms with van der Waals surface area (Å²) in [5.41, 5.74) is 3.69. The summed E-state index contributed by atoms with van der Waals surface area (Å²) in [4.78, 5) is 17.2. The molecule has 0 fully saturated rings. The minimum absolute atomic E-state index is 0.124. The smallest absolute Gasteiger partial charge is 0.280 e. The molecule has 0 unspecified atom stereocenters. The number of aromatic nitrogens is 3. The maximum absolute atomic E-state index is 12.7. The second-order valence-electron chi connectivity index (χ2n) is 5.20. The van der Waals surface area contributed by atoms with Gasteiger partial charge >= 0.3 is 0 Å². The molecule has 4 rings (SSSR count). The first-order valence-corrected chi connectivity index (χ1v) is 7.52. The molecule has 0 aliphatic rings. The van der Waals surface area contributed by atoms with E-state index in [1.54, 1.807) is 12.4 Å². The fraction of sp³-hybridized carbons (Fsp3) is 0. The molecule has 2 heterocycles. The molecule has 2 aromatic heterocycles. The van der Waals surface area contributed by atoms with Crippen molar-refractivity contribution in [2.45, 2.75) is 0 Å². The average Bonchev–Trinajstić information content (AvgIpc) is 3.02. The molecule has 0 saturated heterocycles. The van der Waals surface area contributed by atoms with Crippen molar-refractivity contribution in [3.8, 4) is 22.3 Å². The Balaban J connectivity index is 1.91. The third kappa shape index (κ3) is 2.33. The zero-order valence-electron chi connectivity index (χ0n) is 12.0. The van der Waals surface area contributed by atoms with Crippen molar-refractivity contribution < 1.29 is 0 Å².